The van der Waals surface area contributed by atoms with Gasteiger partial charge in [0.1, 0.15) is 0 Å². The normalized spacial score (nSPS) is 23.6. The monoisotopic (exact) mass is 402 g/mol. The van der Waals surface area contributed by atoms with Gasteiger partial charge in [-0.2, -0.15) is 15.6 Å². The first-order valence-corrected chi connectivity index (χ1v) is 11.5. The molecular weight excluding hydrogens is 372 g/mol. The predicted molar refractivity (Wildman–Crippen MR) is 107 cm³/mol. The molecule has 2 heterocycles. The minimum Gasteiger partial charge on any atom is -0.373 e. The Balaban J connectivity index is 1.77. The largest absolute Gasteiger partial charge is 0.373 e. The van der Waals surface area contributed by atoms with Crippen LogP contribution in [0.25, 0.3) is 0 Å². The Morgan fingerprint density at radius 3 is 2.65 bits per heavy atom. The molecule has 2 rings (SSSR count). The van der Waals surface area contributed by atoms with Gasteiger partial charge in [-0.1, -0.05) is 6.92 Å². The number of nitrogens with one attached hydrogen (secondary N) is 2. The summed E-state index contributed by atoms with van der Waals surface area (Å²) in [4.78, 5) is 4.17. The topological polar surface area (TPSA) is 83.0 Å². The molecule has 3 atom stereocenters. The molecule has 0 radical (unpaired) electrons. The number of nitrogens with zero attached hydrogens (tertiary/aromatic N) is 2. The number of hydrogen-bond donors (Lipinski definition) is 2. The van der Waals surface area contributed by atoms with E-state index in [-0.39, 0.29) is 18.0 Å². The third-order valence-corrected chi connectivity index (χ3v) is 6.85. The van der Waals surface area contributed by atoms with Crippen molar-refractivity contribution in [3.63, 3.8) is 0 Å². The van der Waals surface area contributed by atoms with Crippen LogP contribution in [-0.4, -0.2) is 69.9 Å². The third-order valence-electron chi connectivity index (χ3n) is 4.34. The highest BCUT2D eigenvalue weighted by atomic mass is 32.2. The van der Waals surface area contributed by atoms with E-state index in [1.807, 2.05) is 13.8 Å². The summed E-state index contributed by atoms with van der Waals surface area (Å²) in [6.45, 7) is 7.83. The van der Waals surface area contributed by atoms with Crippen molar-refractivity contribution >= 4 is 27.3 Å². The number of hydrogen-bond acceptors (Lipinski definition) is 5. The van der Waals surface area contributed by atoms with Crippen LogP contribution in [0.3, 0.4) is 0 Å². The summed E-state index contributed by atoms with van der Waals surface area (Å²) >= 11 is 1.68. The average Bonchev–Trinajstić information content (AvgIpc) is 3.11. The number of guanidine groups is 1. The van der Waals surface area contributed by atoms with Crippen LogP contribution in [-0.2, 0) is 14.8 Å². The van der Waals surface area contributed by atoms with E-state index in [4.69, 9.17) is 4.74 Å². The van der Waals surface area contributed by atoms with Crippen LogP contribution >= 0.6 is 11.3 Å². The fourth-order valence-corrected chi connectivity index (χ4v) is 5.20. The molecule has 9 heteroatoms. The van der Waals surface area contributed by atoms with Gasteiger partial charge in [0.15, 0.2) is 5.96 Å². The second-order valence-corrected chi connectivity index (χ2v) is 9.60. The second kappa shape index (κ2) is 9.68. The Bertz CT molecular complexity index is 666. The molecule has 26 heavy (non-hydrogen) atoms. The highest BCUT2D eigenvalue weighted by molar-refractivity contribution is 7.89. The summed E-state index contributed by atoms with van der Waals surface area (Å²) in [5.41, 5.74) is 1.29. The molecule has 0 saturated carbocycles. The molecule has 148 valence electrons. The Kier molecular flexibility index (Phi) is 7.87. The Morgan fingerprint density at radius 1 is 1.38 bits per heavy atom. The molecule has 0 spiro atoms. The first-order chi connectivity index (χ1) is 12.3. The molecule has 0 bridgehead atoms. The van der Waals surface area contributed by atoms with E-state index in [0.29, 0.717) is 31.5 Å². The summed E-state index contributed by atoms with van der Waals surface area (Å²) < 4.78 is 32.2. The van der Waals surface area contributed by atoms with Crippen LogP contribution in [0.1, 0.15) is 32.3 Å². The smallest absolute Gasteiger partial charge is 0.216 e. The van der Waals surface area contributed by atoms with E-state index in [9.17, 15) is 8.42 Å². The Labute approximate surface area is 160 Å². The molecule has 1 aliphatic rings. The Hall–Kier alpha value is -1.16. The van der Waals surface area contributed by atoms with Crippen molar-refractivity contribution in [1.82, 2.24) is 14.9 Å². The summed E-state index contributed by atoms with van der Waals surface area (Å²) in [5.74, 6) is 1.01. The van der Waals surface area contributed by atoms with Crippen molar-refractivity contribution in [3.8, 4) is 0 Å². The van der Waals surface area contributed by atoms with E-state index in [0.717, 1.165) is 6.54 Å². The number of sulfonamides is 1. The molecular formula is C17H30N4O3S2. The lowest BCUT2D eigenvalue weighted by Gasteiger charge is -2.34. The number of thiophene rings is 1. The van der Waals surface area contributed by atoms with Crippen molar-refractivity contribution in [3.05, 3.63) is 22.4 Å². The van der Waals surface area contributed by atoms with Gasteiger partial charge in [0.25, 0.3) is 0 Å². The van der Waals surface area contributed by atoms with Gasteiger partial charge in [0, 0.05) is 33.2 Å². The van der Waals surface area contributed by atoms with Gasteiger partial charge >= 0.3 is 0 Å². The van der Waals surface area contributed by atoms with Gasteiger partial charge in [-0.15, -0.1) is 0 Å². The van der Waals surface area contributed by atoms with Gasteiger partial charge in [0.05, 0.1) is 18.0 Å². The first kappa shape index (κ1) is 21.1. The van der Waals surface area contributed by atoms with E-state index >= 15 is 0 Å². The molecule has 1 aliphatic heterocycles. The molecule has 7 nitrogen and oxygen atoms in total. The Morgan fingerprint density at radius 2 is 2.08 bits per heavy atom. The molecule has 2 N–H and O–H groups in total. The van der Waals surface area contributed by atoms with Crippen LogP contribution in [0.4, 0.5) is 0 Å². The van der Waals surface area contributed by atoms with Crippen molar-refractivity contribution < 1.29 is 13.2 Å². The molecule has 0 aromatic carbocycles. The van der Waals surface area contributed by atoms with Gasteiger partial charge in [0.2, 0.25) is 10.0 Å². The fraction of sp³-hybridized carbons (Fsp3) is 0.706. The molecule has 1 aromatic heterocycles. The van der Waals surface area contributed by atoms with Crippen LogP contribution in [0.2, 0.25) is 0 Å². The van der Waals surface area contributed by atoms with Crippen molar-refractivity contribution in [1.29, 1.82) is 0 Å². The fourth-order valence-electron chi connectivity index (χ4n) is 2.93. The van der Waals surface area contributed by atoms with Gasteiger partial charge in [-0.25, -0.2) is 8.42 Å². The number of ether oxygens (including phenoxy) is 1. The molecule has 0 amide bonds. The maximum Gasteiger partial charge on any atom is 0.216 e. The van der Waals surface area contributed by atoms with Crippen molar-refractivity contribution in [2.24, 2.45) is 4.99 Å². The molecule has 1 aromatic rings. The minimum absolute atomic E-state index is 0.0349. The average molecular weight is 403 g/mol. The zero-order chi connectivity index (χ0) is 19.2. The minimum atomic E-state index is -3.31. The molecule has 1 fully saturated rings. The SMILES string of the molecule is CN=C(NCCS(=O)(=O)N1CC(C)OC(C)C1)NCC(C)c1ccsc1. The van der Waals surface area contributed by atoms with E-state index in [1.54, 1.807) is 18.4 Å². The van der Waals surface area contributed by atoms with Crippen LogP contribution in [0.5, 0.6) is 0 Å². The molecule has 0 aliphatic carbocycles. The summed E-state index contributed by atoms with van der Waals surface area (Å²) in [7, 11) is -1.63. The maximum absolute atomic E-state index is 12.5. The number of aliphatic imine (C=N–C) groups is 1. The lowest BCUT2D eigenvalue weighted by Crippen LogP contribution is -2.50. The highest BCUT2D eigenvalue weighted by Gasteiger charge is 2.30. The second-order valence-electron chi connectivity index (χ2n) is 6.73. The summed E-state index contributed by atoms with van der Waals surface area (Å²) in [6.07, 6.45) is -0.149. The van der Waals surface area contributed by atoms with Crippen LogP contribution in [0.15, 0.2) is 21.8 Å². The van der Waals surface area contributed by atoms with E-state index < -0.39 is 10.0 Å². The summed E-state index contributed by atoms with van der Waals surface area (Å²) in [6, 6.07) is 2.12. The van der Waals surface area contributed by atoms with Crippen LogP contribution < -0.4 is 10.6 Å². The van der Waals surface area contributed by atoms with E-state index in [1.165, 1.54) is 9.87 Å². The zero-order valence-electron chi connectivity index (χ0n) is 15.9. The van der Waals surface area contributed by atoms with Gasteiger partial charge in [-0.05, 0) is 42.2 Å². The lowest BCUT2D eigenvalue weighted by molar-refractivity contribution is -0.0440. The first-order valence-electron chi connectivity index (χ1n) is 8.91. The number of rotatable bonds is 7. The quantitative estimate of drug-likeness (QED) is 0.533. The highest BCUT2D eigenvalue weighted by Crippen LogP contribution is 2.17. The van der Waals surface area contributed by atoms with E-state index in [2.05, 4.69) is 39.4 Å². The standard InChI is InChI=1S/C17H30N4O3S2/c1-13(16-5-7-25-12-16)9-20-17(18-4)19-6-8-26(22,23)21-10-14(2)24-15(3)11-21/h5,7,12-15H,6,8-11H2,1-4H3,(H2,18,19,20). The lowest BCUT2D eigenvalue weighted by atomic mass is 10.1. The molecule has 3 unspecified atom stereocenters. The van der Waals surface area contributed by atoms with Gasteiger partial charge in [-0.3, -0.25) is 4.99 Å². The van der Waals surface area contributed by atoms with Gasteiger partial charge < -0.3 is 15.4 Å². The summed E-state index contributed by atoms with van der Waals surface area (Å²) in [5, 5.41) is 10.5. The van der Waals surface area contributed by atoms with Crippen molar-refractivity contribution in [2.75, 3.05) is 39.0 Å². The molecule has 1 saturated heterocycles. The number of morpholine rings is 1. The zero-order valence-corrected chi connectivity index (χ0v) is 17.6. The predicted octanol–water partition coefficient (Wildman–Crippen LogP) is 1.46. The van der Waals surface area contributed by atoms with Crippen molar-refractivity contribution in [2.45, 2.75) is 38.9 Å². The maximum atomic E-state index is 12.5. The third kappa shape index (κ3) is 6.22. The van der Waals surface area contributed by atoms with Crippen LogP contribution in [0, 0.1) is 0 Å².